The van der Waals surface area contributed by atoms with Crippen LogP contribution < -0.4 is 0 Å². The van der Waals surface area contributed by atoms with Gasteiger partial charge in [0.2, 0.25) is 5.91 Å². The molecule has 0 saturated carbocycles. The Morgan fingerprint density at radius 3 is 2.37 bits per heavy atom. The van der Waals surface area contributed by atoms with E-state index in [4.69, 9.17) is 0 Å². The molecule has 4 rings (SSSR count). The van der Waals surface area contributed by atoms with Crippen LogP contribution in [0.15, 0.2) is 42.5 Å². The Morgan fingerprint density at radius 2 is 1.78 bits per heavy atom. The third-order valence-corrected chi connectivity index (χ3v) is 9.05. The van der Waals surface area contributed by atoms with E-state index in [0.717, 1.165) is 23.3 Å². The van der Waals surface area contributed by atoms with Gasteiger partial charge < -0.3 is 24.9 Å². The molecule has 41 heavy (non-hydrogen) atoms. The number of alkyl halides is 3. The number of fused-ring (bicyclic) bond motifs is 1. The molecule has 2 N–H and O–H groups in total. The number of hydrogen-bond acceptors (Lipinski definition) is 4. The van der Waals surface area contributed by atoms with E-state index in [1.165, 1.54) is 4.90 Å². The highest BCUT2D eigenvalue weighted by molar-refractivity contribution is 5.86. The van der Waals surface area contributed by atoms with Gasteiger partial charge in [-0.2, -0.15) is 13.2 Å². The van der Waals surface area contributed by atoms with E-state index in [2.05, 4.69) is 0 Å². The molecule has 0 aliphatic carbocycles. The summed E-state index contributed by atoms with van der Waals surface area (Å²) >= 11 is 0. The molecule has 3 atom stereocenters. The summed E-state index contributed by atoms with van der Waals surface area (Å²) in [4.78, 5) is 32.8. The van der Waals surface area contributed by atoms with E-state index in [1.54, 1.807) is 36.8 Å². The van der Waals surface area contributed by atoms with Gasteiger partial charge in [0, 0.05) is 33.4 Å². The molecule has 0 radical (unpaired) electrons. The number of urea groups is 1. The van der Waals surface area contributed by atoms with Crippen LogP contribution in [0.1, 0.15) is 73.0 Å². The van der Waals surface area contributed by atoms with Gasteiger partial charge in [0.1, 0.15) is 0 Å². The number of aryl methyl sites for hydroxylation is 2. The zero-order chi connectivity index (χ0) is 30.1. The number of rotatable bonds is 8. The van der Waals surface area contributed by atoms with Gasteiger partial charge >= 0.3 is 12.2 Å². The Kier molecular flexibility index (Phi) is 9.04. The summed E-state index contributed by atoms with van der Waals surface area (Å²) < 4.78 is 41.0. The molecule has 0 bridgehead atoms. The fourth-order valence-electron chi connectivity index (χ4n) is 6.56. The van der Waals surface area contributed by atoms with Crippen molar-refractivity contribution in [2.45, 2.75) is 70.8 Å². The van der Waals surface area contributed by atoms with Gasteiger partial charge in [0.05, 0.1) is 29.1 Å². The van der Waals surface area contributed by atoms with E-state index in [9.17, 15) is 33.0 Å². The predicted molar refractivity (Wildman–Crippen MR) is 149 cm³/mol. The lowest BCUT2D eigenvalue weighted by Gasteiger charge is -2.47. The second kappa shape index (κ2) is 12.0. The van der Waals surface area contributed by atoms with Gasteiger partial charge in [-0.3, -0.25) is 4.79 Å². The maximum atomic E-state index is 14.2. The standard InChI is InChI=1S/C31H40F3N3O4/c1-5-22-16-23(18-24(17-22)31(32,33)34)21(3)35(4)29(41)37-13-12-36-26(27(37)25-9-7-6-8-20(25)2)19-30(10-14-38,11-15-39)28(36)40/h6-9,16-18,21,26-27,38-39H,5,10-15,19H2,1-4H3. The van der Waals surface area contributed by atoms with E-state index in [0.29, 0.717) is 30.5 Å². The fraction of sp³-hybridized carbons (Fsp3) is 0.548. The lowest BCUT2D eigenvalue weighted by Crippen LogP contribution is -2.57. The molecule has 2 aromatic rings. The highest BCUT2D eigenvalue weighted by Gasteiger charge is 2.56. The number of carbonyl (C=O) groups excluding carboxylic acids is 2. The van der Waals surface area contributed by atoms with Crippen molar-refractivity contribution in [3.8, 4) is 0 Å². The van der Waals surface area contributed by atoms with Gasteiger partial charge in [-0.1, -0.05) is 37.3 Å². The van der Waals surface area contributed by atoms with Crippen LogP contribution in [0.3, 0.4) is 0 Å². The first-order chi connectivity index (χ1) is 19.4. The third-order valence-electron chi connectivity index (χ3n) is 9.05. The summed E-state index contributed by atoms with van der Waals surface area (Å²) in [6.07, 6.45) is -3.25. The number of halogens is 3. The Balaban J connectivity index is 1.72. The topological polar surface area (TPSA) is 84.3 Å². The molecule has 0 aromatic heterocycles. The minimum Gasteiger partial charge on any atom is -0.396 e. The van der Waals surface area contributed by atoms with Gasteiger partial charge in [-0.15, -0.1) is 0 Å². The van der Waals surface area contributed by atoms with E-state index in [-0.39, 0.29) is 50.6 Å². The van der Waals surface area contributed by atoms with Crippen LogP contribution in [-0.4, -0.2) is 76.2 Å². The second-order valence-electron chi connectivity index (χ2n) is 11.4. The largest absolute Gasteiger partial charge is 0.416 e. The average Bonchev–Trinajstić information content (AvgIpc) is 3.22. The second-order valence-corrected chi connectivity index (χ2v) is 11.4. The lowest BCUT2D eigenvalue weighted by atomic mass is 9.77. The van der Waals surface area contributed by atoms with Crippen LogP contribution in [0.25, 0.3) is 0 Å². The van der Waals surface area contributed by atoms with Gasteiger partial charge in [-0.05, 0) is 73.9 Å². The number of piperazine rings is 1. The molecule has 0 spiro atoms. The van der Waals surface area contributed by atoms with Crippen molar-refractivity contribution >= 4 is 11.9 Å². The van der Waals surface area contributed by atoms with Crippen LogP contribution in [0.4, 0.5) is 18.0 Å². The molecule has 2 heterocycles. The van der Waals surface area contributed by atoms with Crippen LogP contribution in [-0.2, 0) is 17.4 Å². The zero-order valence-corrected chi connectivity index (χ0v) is 24.1. The number of benzene rings is 2. The average molecular weight is 576 g/mol. The molecule has 2 saturated heterocycles. The van der Waals surface area contributed by atoms with Crippen molar-refractivity contribution in [2.24, 2.45) is 5.41 Å². The van der Waals surface area contributed by atoms with Crippen molar-refractivity contribution in [3.05, 3.63) is 70.3 Å². The fourth-order valence-corrected chi connectivity index (χ4v) is 6.56. The van der Waals surface area contributed by atoms with Crippen LogP contribution in [0.2, 0.25) is 0 Å². The Labute approximate surface area is 239 Å². The summed E-state index contributed by atoms with van der Waals surface area (Å²) in [5.41, 5.74) is 1.14. The third kappa shape index (κ3) is 5.81. The minimum atomic E-state index is -4.50. The van der Waals surface area contributed by atoms with Crippen molar-refractivity contribution < 1.29 is 33.0 Å². The van der Waals surface area contributed by atoms with E-state index in [1.807, 2.05) is 31.2 Å². The monoisotopic (exact) mass is 575 g/mol. The van der Waals surface area contributed by atoms with Crippen LogP contribution in [0, 0.1) is 12.3 Å². The van der Waals surface area contributed by atoms with E-state index < -0.39 is 29.2 Å². The first-order valence-electron chi connectivity index (χ1n) is 14.2. The molecule has 2 fully saturated rings. The zero-order valence-electron chi connectivity index (χ0n) is 24.1. The summed E-state index contributed by atoms with van der Waals surface area (Å²) in [5, 5.41) is 19.6. The number of hydrogen-bond donors (Lipinski definition) is 2. The maximum absolute atomic E-state index is 14.2. The number of nitrogens with zero attached hydrogens (tertiary/aromatic N) is 3. The highest BCUT2D eigenvalue weighted by atomic mass is 19.4. The number of carbonyl (C=O) groups is 2. The first-order valence-corrected chi connectivity index (χ1v) is 14.2. The number of amides is 3. The lowest BCUT2D eigenvalue weighted by molar-refractivity contribution is -0.140. The van der Waals surface area contributed by atoms with Crippen LogP contribution >= 0.6 is 0 Å². The normalized spacial score (nSPS) is 21.1. The highest BCUT2D eigenvalue weighted by Crippen LogP contribution is 2.49. The first kappa shape index (κ1) is 30.8. The Bertz CT molecular complexity index is 1260. The molecule has 3 unspecified atom stereocenters. The van der Waals surface area contributed by atoms with Gasteiger partial charge in [0.25, 0.3) is 0 Å². The van der Waals surface area contributed by atoms with Crippen molar-refractivity contribution in [1.29, 1.82) is 0 Å². The number of aliphatic hydroxyl groups is 2. The molecule has 3 amide bonds. The molecule has 2 aromatic carbocycles. The van der Waals surface area contributed by atoms with Gasteiger partial charge in [-0.25, -0.2) is 4.79 Å². The van der Waals surface area contributed by atoms with Crippen molar-refractivity contribution in [1.82, 2.24) is 14.7 Å². The molecule has 2 aliphatic rings. The van der Waals surface area contributed by atoms with Crippen molar-refractivity contribution in [3.63, 3.8) is 0 Å². The Hall–Kier alpha value is -3.11. The summed E-state index contributed by atoms with van der Waals surface area (Å²) in [6.45, 7) is 5.61. The maximum Gasteiger partial charge on any atom is 0.416 e. The molecular weight excluding hydrogens is 535 g/mol. The molecule has 7 nitrogen and oxygen atoms in total. The summed E-state index contributed by atoms with van der Waals surface area (Å²) in [7, 11) is 1.60. The summed E-state index contributed by atoms with van der Waals surface area (Å²) in [5.74, 6) is -0.117. The predicted octanol–water partition coefficient (Wildman–Crippen LogP) is 5.10. The Morgan fingerprint density at radius 1 is 1.12 bits per heavy atom. The van der Waals surface area contributed by atoms with Crippen LogP contribution in [0.5, 0.6) is 0 Å². The molecule has 224 valence electrons. The molecular formula is C31H40F3N3O4. The summed E-state index contributed by atoms with van der Waals surface area (Å²) in [6, 6.07) is 9.80. The molecule has 2 aliphatic heterocycles. The minimum absolute atomic E-state index is 0.117. The number of aliphatic hydroxyl groups excluding tert-OH is 2. The van der Waals surface area contributed by atoms with Crippen molar-refractivity contribution in [2.75, 3.05) is 33.4 Å². The SMILES string of the molecule is CCc1cc(C(C)N(C)C(=O)N2CCN3C(=O)C(CCO)(CCO)CC3C2c2ccccc2C)cc(C(F)(F)F)c1. The quantitative estimate of drug-likeness (QED) is 0.459. The smallest absolute Gasteiger partial charge is 0.396 e. The van der Waals surface area contributed by atoms with Gasteiger partial charge in [0.15, 0.2) is 0 Å². The molecule has 10 heteroatoms. The van der Waals surface area contributed by atoms with E-state index >= 15 is 0 Å².